The molecule has 0 saturated heterocycles. The van der Waals surface area contributed by atoms with Gasteiger partial charge in [0, 0.05) is 30.1 Å². The maximum Gasteiger partial charge on any atom is 0.223 e. The summed E-state index contributed by atoms with van der Waals surface area (Å²) in [5.74, 6) is 1.34. The second kappa shape index (κ2) is 10.0. The van der Waals surface area contributed by atoms with Gasteiger partial charge in [-0.2, -0.15) is 0 Å². The Morgan fingerprint density at radius 3 is 2.46 bits per heavy atom. The Hall–Kier alpha value is -2.24. The van der Waals surface area contributed by atoms with Gasteiger partial charge in [-0.15, -0.1) is 0 Å². The molecule has 0 fully saturated rings. The molecule has 0 radical (unpaired) electrons. The number of methoxy groups -OCH3 is 2. The molecular weight excluding hydrogens is 354 g/mol. The number of ether oxygens (including phenoxy) is 2. The van der Waals surface area contributed by atoms with Crippen molar-refractivity contribution in [2.75, 3.05) is 27.4 Å². The van der Waals surface area contributed by atoms with Crippen LogP contribution in [0.1, 0.15) is 17.5 Å². The summed E-state index contributed by atoms with van der Waals surface area (Å²) in [4.78, 5) is 14.3. The zero-order valence-corrected chi connectivity index (χ0v) is 15.8. The van der Waals surface area contributed by atoms with Crippen molar-refractivity contribution in [2.45, 2.75) is 19.4 Å². The van der Waals surface area contributed by atoms with Crippen LogP contribution >= 0.6 is 11.6 Å². The molecule has 0 unspecified atom stereocenters. The number of aliphatic hydroxyl groups excluding tert-OH is 1. The highest BCUT2D eigenvalue weighted by Crippen LogP contribution is 2.25. The van der Waals surface area contributed by atoms with Crippen molar-refractivity contribution in [1.29, 1.82) is 0 Å². The number of nitrogens with zero attached hydrogens (tertiary/aromatic N) is 1. The minimum absolute atomic E-state index is 0.0288. The number of benzene rings is 2. The molecular formula is C20H24ClNO4. The number of halogens is 1. The molecule has 0 spiro atoms. The Bertz CT molecular complexity index is 718. The SMILES string of the molecule is COc1ccc(OC)c(CN(CCO)C(=O)CCc2ccc(Cl)cc2)c1. The molecule has 2 aromatic carbocycles. The molecule has 0 aliphatic rings. The fourth-order valence-corrected chi connectivity index (χ4v) is 2.81. The minimum Gasteiger partial charge on any atom is -0.497 e. The maximum atomic E-state index is 12.6. The first-order chi connectivity index (χ1) is 12.6. The van der Waals surface area contributed by atoms with Crippen LogP contribution in [0, 0.1) is 0 Å². The van der Waals surface area contributed by atoms with E-state index >= 15 is 0 Å². The van der Waals surface area contributed by atoms with Crippen molar-refractivity contribution in [3.05, 3.63) is 58.6 Å². The zero-order valence-electron chi connectivity index (χ0n) is 15.1. The molecule has 0 aliphatic carbocycles. The van der Waals surface area contributed by atoms with E-state index in [4.69, 9.17) is 21.1 Å². The normalized spacial score (nSPS) is 10.5. The Kier molecular flexibility index (Phi) is 7.75. The first-order valence-corrected chi connectivity index (χ1v) is 8.79. The molecule has 5 nitrogen and oxygen atoms in total. The summed E-state index contributed by atoms with van der Waals surface area (Å²) in [6.07, 6.45) is 0.973. The molecule has 26 heavy (non-hydrogen) atoms. The quantitative estimate of drug-likeness (QED) is 0.728. The van der Waals surface area contributed by atoms with Gasteiger partial charge in [-0.05, 0) is 42.3 Å². The monoisotopic (exact) mass is 377 g/mol. The first-order valence-electron chi connectivity index (χ1n) is 8.41. The van der Waals surface area contributed by atoms with Gasteiger partial charge in [-0.25, -0.2) is 0 Å². The number of rotatable bonds is 9. The Morgan fingerprint density at radius 1 is 1.12 bits per heavy atom. The van der Waals surface area contributed by atoms with E-state index < -0.39 is 0 Å². The van der Waals surface area contributed by atoms with Crippen LogP contribution in [-0.4, -0.2) is 43.3 Å². The predicted molar refractivity (Wildman–Crippen MR) is 102 cm³/mol. The number of aryl methyl sites for hydroxylation is 1. The van der Waals surface area contributed by atoms with Crippen LogP contribution in [0.5, 0.6) is 11.5 Å². The molecule has 0 aliphatic heterocycles. The van der Waals surface area contributed by atoms with Crippen LogP contribution in [0.4, 0.5) is 0 Å². The van der Waals surface area contributed by atoms with Crippen LogP contribution in [0.15, 0.2) is 42.5 Å². The number of aliphatic hydroxyl groups is 1. The van der Waals surface area contributed by atoms with Gasteiger partial charge in [0.25, 0.3) is 0 Å². The summed E-state index contributed by atoms with van der Waals surface area (Å²) < 4.78 is 10.6. The highest BCUT2D eigenvalue weighted by molar-refractivity contribution is 6.30. The fraction of sp³-hybridized carbons (Fsp3) is 0.350. The second-order valence-electron chi connectivity index (χ2n) is 5.84. The van der Waals surface area contributed by atoms with E-state index in [-0.39, 0.29) is 19.1 Å². The molecule has 2 rings (SSSR count). The Balaban J connectivity index is 2.07. The molecule has 0 saturated carbocycles. The number of hydrogen-bond acceptors (Lipinski definition) is 4. The molecule has 1 amide bonds. The van der Waals surface area contributed by atoms with Gasteiger partial charge in [-0.3, -0.25) is 4.79 Å². The molecule has 6 heteroatoms. The Labute approximate surface area is 159 Å². The number of carbonyl (C=O) groups is 1. The van der Waals surface area contributed by atoms with E-state index in [2.05, 4.69) is 0 Å². The largest absolute Gasteiger partial charge is 0.497 e. The summed E-state index contributed by atoms with van der Waals surface area (Å²) in [5.41, 5.74) is 1.88. The van der Waals surface area contributed by atoms with E-state index in [1.165, 1.54) is 0 Å². The molecule has 0 heterocycles. The average molecular weight is 378 g/mol. The zero-order chi connectivity index (χ0) is 18.9. The van der Waals surface area contributed by atoms with E-state index in [0.717, 1.165) is 11.1 Å². The fourth-order valence-electron chi connectivity index (χ4n) is 2.68. The van der Waals surface area contributed by atoms with Crippen molar-refractivity contribution in [2.24, 2.45) is 0 Å². The van der Waals surface area contributed by atoms with Gasteiger partial charge < -0.3 is 19.5 Å². The van der Waals surface area contributed by atoms with Crippen LogP contribution in [0.25, 0.3) is 0 Å². The van der Waals surface area contributed by atoms with Gasteiger partial charge >= 0.3 is 0 Å². The van der Waals surface area contributed by atoms with Crippen molar-refractivity contribution in [1.82, 2.24) is 4.90 Å². The topological polar surface area (TPSA) is 59.0 Å². The summed E-state index contributed by atoms with van der Waals surface area (Å²) >= 11 is 5.88. The summed E-state index contributed by atoms with van der Waals surface area (Å²) in [6, 6.07) is 12.9. The van der Waals surface area contributed by atoms with E-state index in [1.54, 1.807) is 25.2 Å². The highest BCUT2D eigenvalue weighted by atomic mass is 35.5. The molecule has 0 aromatic heterocycles. The third kappa shape index (κ3) is 5.64. The van der Waals surface area contributed by atoms with E-state index in [0.29, 0.717) is 35.9 Å². The lowest BCUT2D eigenvalue weighted by molar-refractivity contribution is -0.132. The summed E-state index contributed by atoms with van der Waals surface area (Å²) in [6.45, 7) is 0.513. The van der Waals surface area contributed by atoms with Crippen molar-refractivity contribution >= 4 is 17.5 Å². The highest BCUT2D eigenvalue weighted by Gasteiger charge is 2.16. The number of carbonyl (C=O) groups excluding carboxylic acids is 1. The van der Waals surface area contributed by atoms with Crippen LogP contribution in [0.2, 0.25) is 5.02 Å². The summed E-state index contributed by atoms with van der Waals surface area (Å²) in [5, 5.41) is 10.0. The average Bonchev–Trinajstić information content (AvgIpc) is 2.66. The van der Waals surface area contributed by atoms with Crippen molar-refractivity contribution in [3.63, 3.8) is 0 Å². The summed E-state index contributed by atoms with van der Waals surface area (Å²) in [7, 11) is 3.18. The van der Waals surface area contributed by atoms with Gasteiger partial charge in [0.2, 0.25) is 5.91 Å². The lowest BCUT2D eigenvalue weighted by Gasteiger charge is -2.23. The van der Waals surface area contributed by atoms with Crippen molar-refractivity contribution < 1.29 is 19.4 Å². The first kappa shape index (κ1) is 20.1. The number of amides is 1. The van der Waals surface area contributed by atoms with E-state index in [1.807, 2.05) is 36.4 Å². The van der Waals surface area contributed by atoms with Gasteiger partial charge in [-0.1, -0.05) is 23.7 Å². The third-order valence-corrected chi connectivity index (χ3v) is 4.36. The van der Waals surface area contributed by atoms with Crippen LogP contribution < -0.4 is 9.47 Å². The second-order valence-corrected chi connectivity index (χ2v) is 6.28. The Morgan fingerprint density at radius 2 is 1.85 bits per heavy atom. The lowest BCUT2D eigenvalue weighted by Crippen LogP contribution is -2.33. The lowest BCUT2D eigenvalue weighted by atomic mass is 10.1. The number of hydrogen-bond donors (Lipinski definition) is 1. The van der Waals surface area contributed by atoms with Gasteiger partial charge in [0.1, 0.15) is 11.5 Å². The predicted octanol–water partition coefficient (Wildman–Crippen LogP) is 3.31. The molecule has 2 aromatic rings. The minimum atomic E-state index is -0.0982. The molecule has 0 atom stereocenters. The molecule has 140 valence electrons. The van der Waals surface area contributed by atoms with Crippen LogP contribution in [0.3, 0.4) is 0 Å². The standard InChI is InChI=1S/C20H24ClNO4/c1-25-18-8-9-19(26-2)16(13-18)14-22(11-12-23)20(24)10-5-15-3-6-17(21)7-4-15/h3-4,6-9,13,23H,5,10-12,14H2,1-2H3. The molecule has 1 N–H and O–H groups in total. The molecule has 0 bridgehead atoms. The van der Waals surface area contributed by atoms with Crippen LogP contribution in [-0.2, 0) is 17.8 Å². The van der Waals surface area contributed by atoms with Gasteiger partial charge in [0.05, 0.1) is 20.8 Å². The third-order valence-electron chi connectivity index (χ3n) is 4.11. The maximum absolute atomic E-state index is 12.6. The van der Waals surface area contributed by atoms with Gasteiger partial charge in [0.15, 0.2) is 0 Å². The van der Waals surface area contributed by atoms with Crippen molar-refractivity contribution in [3.8, 4) is 11.5 Å². The van der Waals surface area contributed by atoms with E-state index in [9.17, 15) is 9.90 Å². The smallest absolute Gasteiger partial charge is 0.223 e.